The Hall–Kier alpha value is -2.64. The van der Waals surface area contributed by atoms with Crippen LogP contribution < -0.4 is 9.64 Å². The number of carbonyl (C=O) groups excluding carboxylic acids is 1. The van der Waals surface area contributed by atoms with E-state index in [4.69, 9.17) is 9.26 Å². The predicted octanol–water partition coefficient (Wildman–Crippen LogP) is 4.94. The first-order valence-corrected chi connectivity index (χ1v) is 13.6. The van der Waals surface area contributed by atoms with Gasteiger partial charge in [0.2, 0.25) is 5.91 Å². The van der Waals surface area contributed by atoms with Crippen molar-refractivity contribution in [3.8, 4) is 5.75 Å². The molecule has 2 saturated heterocycles. The van der Waals surface area contributed by atoms with Crippen LogP contribution in [-0.4, -0.2) is 59.9 Å². The highest BCUT2D eigenvalue weighted by Crippen LogP contribution is 2.50. The molecule has 3 fully saturated rings. The van der Waals surface area contributed by atoms with Crippen molar-refractivity contribution < 1.29 is 18.4 Å². The topological polar surface area (TPSA) is 71.7 Å². The van der Waals surface area contributed by atoms with Gasteiger partial charge in [-0.25, -0.2) is 4.39 Å². The fourth-order valence-corrected chi connectivity index (χ4v) is 5.79. The maximum atomic E-state index is 13.4. The van der Waals surface area contributed by atoms with Gasteiger partial charge < -0.3 is 19.1 Å². The van der Waals surface area contributed by atoms with E-state index in [-0.39, 0.29) is 18.4 Å². The Balaban J connectivity index is 1.02. The molecule has 0 bridgehead atoms. The number of hydrogen-bond acceptors (Lipinski definition) is 6. The molecule has 0 radical (unpaired) electrons. The smallest absolute Gasteiger partial charge is 0.324 e. The molecular formula is C28H39FN4O3. The van der Waals surface area contributed by atoms with Crippen LogP contribution in [0.3, 0.4) is 0 Å². The highest BCUT2D eigenvalue weighted by molar-refractivity contribution is 5.79. The molecule has 0 spiro atoms. The number of aryl methyl sites for hydroxylation is 1. The SMILES string of the molecule is Cc1cc(OCC[C@@H]2C[C@@H]2C2CCN(c3nc(C(C)C)no3)CC2)ccc1CC(=O)N1CC[C@@H](F)C1. The first-order valence-electron chi connectivity index (χ1n) is 13.6. The number of anilines is 1. The fourth-order valence-electron chi connectivity index (χ4n) is 5.79. The van der Waals surface area contributed by atoms with E-state index in [1.165, 1.54) is 19.3 Å². The monoisotopic (exact) mass is 498 g/mol. The lowest BCUT2D eigenvalue weighted by atomic mass is 9.90. The number of amides is 1. The van der Waals surface area contributed by atoms with Gasteiger partial charge in [-0.05, 0) is 80.0 Å². The molecule has 2 aliphatic heterocycles. The van der Waals surface area contributed by atoms with E-state index in [2.05, 4.69) is 28.9 Å². The lowest BCUT2D eigenvalue weighted by molar-refractivity contribution is -0.129. The maximum absolute atomic E-state index is 13.4. The molecule has 3 atom stereocenters. The molecule has 3 aliphatic rings. The molecule has 8 heteroatoms. The van der Waals surface area contributed by atoms with E-state index in [1.807, 2.05) is 25.1 Å². The Morgan fingerprint density at radius 1 is 1.22 bits per heavy atom. The van der Waals surface area contributed by atoms with Gasteiger partial charge in [0.25, 0.3) is 0 Å². The average Bonchev–Trinajstić information content (AvgIpc) is 3.24. The number of rotatable bonds is 9. The summed E-state index contributed by atoms with van der Waals surface area (Å²) < 4.78 is 24.9. The van der Waals surface area contributed by atoms with Crippen LogP contribution in [0.15, 0.2) is 22.7 Å². The van der Waals surface area contributed by atoms with Gasteiger partial charge in [0.05, 0.1) is 19.6 Å². The Kier molecular flexibility index (Phi) is 7.49. The summed E-state index contributed by atoms with van der Waals surface area (Å²) in [5, 5.41) is 4.10. The van der Waals surface area contributed by atoms with Gasteiger partial charge in [-0.15, -0.1) is 0 Å². The second kappa shape index (κ2) is 10.8. The number of benzene rings is 1. The van der Waals surface area contributed by atoms with Gasteiger partial charge in [0, 0.05) is 25.6 Å². The Labute approximate surface area is 213 Å². The van der Waals surface area contributed by atoms with Crippen LogP contribution >= 0.6 is 0 Å². The van der Waals surface area contributed by atoms with Crippen LogP contribution in [0.1, 0.15) is 68.8 Å². The van der Waals surface area contributed by atoms with E-state index in [0.29, 0.717) is 25.4 Å². The summed E-state index contributed by atoms with van der Waals surface area (Å²) in [4.78, 5) is 20.9. The zero-order chi connectivity index (χ0) is 25.2. The summed E-state index contributed by atoms with van der Waals surface area (Å²) in [5.41, 5.74) is 2.04. The Morgan fingerprint density at radius 2 is 2.03 bits per heavy atom. The van der Waals surface area contributed by atoms with Crippen molar-refractivity contribution in [2.45, 2.75) is 71.4 Å². The van der Waals surface area contributed by atoms with Crippen LogP contribution in [0.5, 0.6) is 5.75 Å². The number of halogens is 1. The molecule has 0 unspecified atom stereocenters. The van der Waals surface area contributed by atoms with Crippen molar-refractivity contribution >= 4 is 11.9 Å². The van der Waals surface area contributed by atoms with Gasteiger partial charge in [0.1, 0.15) is 11.9 Å². The highest BCUT2D eigenvalue weighted by atomic mass is 19.1. The van der Waals surface area contributed by atoms with Gasteiger partial charge in [0.15, 0.2) is 5.82 Å². The first kappa shape index (κ1) is 25.0. The minimum atomic E-state index is -0.876. The van der Waals surface area contributed by atoms with Gasteiger partial charge in [-0.2, -0.15) is 4.98 Å². The van der Waals surface area contributed by atoms with Crippen LogP contribution in [0.2, 0.25) is 0 Å². The molecule has 1 saturated carbocycles. The number of hydrogen-bond donors (Lipinski definition) is 0. The molecule has 1 aromatic carbocycles. The van der Waals surface area contributed by atoms with Crippen LogP contribution in [0.4, 0.5) is 10.4 Å². The van der Waals surface area contributed by atoms with Gasteiger partial charge in [-0.3, -0.25) is 4.79 Å². The molecular weight excluding hydrogens is 459 g/mol. The highest BCUT2D eigenvalue weighted by Gasteiger charge is 2.43. The van der Waals surface area contributed by atoms with Crippen molar-refractivity contribution in [2.24, 2.45) is 17.8 Å². The third kappa shape index (κ3) is 5.84. The van der Waals surface area contributed by atoms with Crippen molar-refractivity contribution in [3.63, 3.8) is 0 Å². The third-order valence-electron chi connectivity index (χ3n) is 8.24. The predicted molar refractivity (Wildman–Crippen MR) is 136 cm³/mol. The lowest BCUT2D eigenvalue weighted by Gasteiger charge is -2.30. The second-order valence-electron chi connectivity index (χ2n) is 11.2. The van der Waals surface area contributed by atoms with Crippen molar-refractivity contribution in [1.82, 2.24) is 15.0 Å². The minimum absolute atomic E-state index is 0.00919. The number of nitrogens with zero attached hydrogens (tertiary/aromatic N) is 4. The van der Waals surface area contributed by atoms with Crippen molar-refractivity contribution in [3.05, 3.63) is 35.2 Å². The molecule has 0 N–H and O–H groups in total. The maximum Gasteiger partial charge on any atom is 0.324 e. The summed E-state index contributed by atoms with van der Waals surface area (Å²) in [6.07, 6.45) is 4.67. The Bertz CT molecular complexity index is 1050. The molecule has 1 aliphatic carbocycles. The number of ether oxygens (including phenoxy) is 1. The van der Waals surface area contributed by atoms with Gasteiger partial charge >= 0.3 is 6.01 Å². The molecule has 1 aromatic heterocycles. The number of piperidine rings is 1. The molecule has 1 amide bonds. The van der Waals surface area contributed by atoms with Crippen molar-refractivity contribution in [2.75, 3.05) is 37.7 Å². The zero-order valence-electron chi connectivity index (χ0n) is 21.8. The van der Waals surface area contributed by atoms with Crippen LogP contribution in [-0.2, 0) is 11.2 Å². The minimum Gasteiger partial charge on any atom is -0.494 e. The van der Waals surface area contributed by atoms with E-state index in [9.17, 15) is 9.18 Å². The molecule has 2 aromatic rings. The molecule has 196 valence electrons. The summed E-state index contributed by atoms with van der Waals surface area (Å²) in [5.74, 6) is 4.29. The molecule has 3 heterocycles. The zero-order valence-corrected chi connectivity index (χ0v) is 21.8. The second-order valence-corrected chi connectivity index (χ2v) is 11.2. The number of alkyl halides is 1. The standard InChI is InChI=1S/C28H39FN4O3/c1-18(2)27-30-28(36-31-27)32-10-6-20(7-11-32)25-15-22(25)9-13-35-24-5-4-21(19(3)14-24)16-26(34)33-12-8-23(29)17-33/h4-5,14,18,20,22-23,25H,6-13,15-17H2,1-3H3/t22-,23-,25-/m1/s1. The van der Waals surface area contributed by atoms with Gasteiger partial charge in [-0.1, -0.05) is 25.1 Å². The number of carbonyl (C=O) groups is 1. The normalized spacial score (nSPS) is 24.5. The molecule has 36 heavy (non-hydrogen) atoms. The lowest BCUT2D eigenvalue weighted by Crippen LogP contribution is -2.34. The van der Waals surface area contributed by atoms with E-state index >= 15 is 0 Å². The summed E-state index contributed by atoms with van der Waals surface area (Å²) in [6.45, 7) is 9.64. The van der Waals surface area contributed by atoms with E-state index in [0.717, 1.165) is 66.6 Å². The van der Waals surface area contributed by atoms with E-state index in [1.54, 1.807) is 4.90 Å². The third-order valence-corrected chi connectivity index (χ3v) is 8.24. The van der Waals surface area contributed by atoms with E-state index < -0.39 is 6.17 Å². The van der Waals surface area contributed by atoms with Crippen LogP contribution in [0.25, 0.3) is 0 Å². The first-order chi connectivity index (χ1) is 17.4. The molecule has 7 nitrogen and oxygen atoms in total. The quantitative estimate of drug-likeness (QED) is 0.488. The van der Waals surface area contributed by atoms with Crippen LogP contribution in [0, 0.1) is 24.7 Å². The fraction of sp³-hybridized carbons (Fsp3) is 0.679. The Morgan fingerprint density at radius 3 is 2.69 bits per heavy atom. The summed E-state index contributed by atoms with van der Waals surface area (Å²) >= 11 is 0. The average molecular weight is 499 g/mol. The molecule has 5 rings (SSSR count). The van der Waals surface area contributed by atoms with Crippen molar-refractivity contribution in [1.29, 1.82) is 0 Å². The number of aromatic nitrogens is 2. The summed E-state index contributed by atoms with van der Waals surface area (Å²) in [6, 6.07) is 6.63. The summed E-state index contributed by atoms with van der Waals surface area (Å²) in [7, 11) is 0. The largest absolute Gasteiger partial charge is 0.494 e. The number of likely N-dealkylation sites (tertiary alicyclic amines) is 1.